The number of carbonyl (C=O) groups is 1. The van der Waals surface area contributed by atoms with Gasteiger partial charge in [-0.25, -0.2) is 0 Å². The third kappa shape index (κ3) is 2.37. The van der Waals surface area contributed by atoms with E-state index < -0.39 is 12.0 Å². The zero-order valence-corrected chi connectivity index (χ0v) is 10.7. The molecule has 0 spiro atoms. The summed E-state index contributed by atoms with van der Waals surface area (Å²) in [7, 11) is 1.66. The van der Waals surface area contributed by atoms with Crippen LogP contribution in [-0.2, 0) is 11.8 Å². The first-order valence-electron chi connectivity index (χ1n) is 5.79. The van der Waals surface area contributed by atoms with Gasteiger partial charge in [0, 0.05) is 29.9 Å². The van der Waals surface area contributed by atoms with Gasteiger partial charge in [-0.15, -0.1) is 0 Å². The van der Waals surface area contributed by atoms with Crippen molar-refractivity contribution >= 4 is 28.2 Å². The number of aryl methyl sites for hydroxylation is 1. The van der Waals surface area contributed by atoms with Gasteiger partial charge in [0.15, 0.2) is 0 Å². The number of fused-ring (bicyclic) bond motifs is 1. The molecular formula is C13H15N3O3. The van der Waals surface area contributed by atoms with Crippen LogP contribution < -0.4 is 16.6 Å². The number of carboxylic acid groups (broad SMARTS) is 1. The second-order valence-corrected chi connectivity index (χ2v) is 4.44. The summed E-state index contributed by atoms with van der Waals surface area (Å²) >= 11 is 0. The number of benzene rings is 1. The Morgan fingerprint density at radius 2 is 2.11 bits per heavy atom. The predicted molar refractivity (Wildman–Crippen MR) is 74.3 cm³/mol. The van der Waals surface area contributed by atoms with Gasteiger partial charge in [-0.1, -0.05) is 0 Å². The average molecular weight is 261 g/mol. The topological polar surface area (TPSA) is 97.4 Å². The zero-order valence-electron chi connectivity index (χ0n) is 10.7. The van der Waals surface area contributed by atoms with E-state index >= 15 is 0 Å². The lowest BCUT2D eigenvalue weighted by molar-refractivity contribution is -0.137. The number of hydrogen-bond donors (Lipinski definition) is 3. The van der Waals surface area contributed by atoms with Gasteiger partial charge in [0.25, 0.3) is 5.56 Å². The molecule has 1 heterocycles. The third-order valence-electron chi connectivity index (χ3n) is 3.01. The Bertz CT molecular complexity index is 706. The fraction of sp³-hybridized carbons (Fsp3) is 0.231. The van der Waals surface area contributed by atoms with E-state index in [1.807, 2.05) is 0 Å². The monoisotopic (exact) mass is 261 g/mol. The van der Waals surface area contributed by atoms with Crippen molar-refractivity contribution < 1.29 is 9.90 Å². The Balaban J connectivity index is 2.66. The van der Waals surface area contributed by atoms with Crippen molar-refractivity contribution in [1.82, 2.24) is 4.57 Å². The Hall–Kier alpha value is -2.50. The molecule has 0 unspecified atom stereocenters. The first-order valence-corrected chi connectivity index (χ1v) is 5.79. The van der Waals surface area contributed by atoms with Crippen LogP contribution in [0.15, 0.2) is 29.1 Å². The third-order valence-corrected chi connectivity index (χ3v) is 3.01. The van der Waals surface area contributed by atoms with Gasteiger partial charge in [0.1, 0.15) is 6.04 Å². The van der Waals surface area contributed by atoms with Crippen LogP contribution in [0, 0.1) is 0 Å². The molecule has 2 aromatic rings. The van der Waals surface area contributed by atoms with Crippen LogP contribution in [-0.4, -0.2) is 21.7 Å². The van der Waals surface area contributed by atoms with Crippen LogP contribution in [0.4, 0.5) is 11.4 Å². The molecule has 0 radical (unpaired) electrons. The molecule has 1 aromatic carbocycles. The lowest BCUT2D eigenvalue weighted by atomic mass is 10.1. The van der Waals surface area contributed by atoms with Gasteiger partial charge in [-0.3, -0.25) is 9.59 Å². The summed E-state index contributed by atoms with van der Waals surface area (Å²) < 4.78 is 1.49. The van der Waals surface area contributed by atoms with Crippen molar-refractivity contribution in [2.24, 2.45) is 7.05 Å². The van der Waals surface area contributed by atoms with E-state index in [2.05, 4.69) is 5.32 Å². The highest BCUT2D eigenvalue weighted by Gasteiger charge is 2.13. The number of carboxylic acids is 1. The number of nitrogen functional groups attached to an aromatic ring is 1. The minimum absolute atomic E-state index is 0.211. The molecular weight excluding hydrogens is 246 g/mol. The first kappa shape index (κ1) is 12.9. The number of rotatable bonds is 3. The van der Waals surface area contributed by atoms with Gasteiger partial charge in [-0.2, -0.15) is 0 Å². The lowest BCUT2D eigenvalue weighted by Gasteiger charge is -2.15. The maximum absolute atomic E-state index is 11.8. The van der Waals surface area contributed by atoms with Crippen LogP contribution in [0.25, 0.3) is 10.9 Å². The van der Waals surface area contributed by atoms with E-state index in [0.717, 1.165) is 5.39 Å². The van der Waals surface area contributed by atoms with E-state index in [0.29, 0.717) is 16.9 Å². The second kappa shape index (κ2) is 4.64. The van der Waals surface area contributed by atoms with Crippen molar-refractivity contribution in [3.63, 3.8) is 0 Å². The number of nitrogens with two attached hydrogens (primary N) is 1. The summed E-state index contributed by atoms with van der Waals surface area (Å²) in [5.41, 5.74) is 7.25. The zero-order chi connectivity index (χ0) is 14.2. The molecule has 6 nitrogen and oxygen atoms in total. The second-order valence-electron chi connectivity index (χ2n) is 4.44. The van der Waals surface area contributed by atoms with Gasteiger partial charge in [0.05, 0.1) is 5.52 Å². The largest absolute Gasteiger partial charge is 0.480 e. The normalized spacial score (nSPS) is 12.3. The predicted octanol–water partition coefficient (Wildman–Crippen LogP) is 1.01. The van der Waals surface area contributed by atoms with E-state index in [-0.39, 0.29) is 5.56 Å². The van der Waals surface area contributed by atoms with Crippen molar-refractivity contribution in [2.45, 2.75) is 13.0 Å². The molecule has 19 heavy (non-hydrogen) atoms. The molecule has 0 bridgehead atoms. The van der Waals surface area contributed by atoms with Crippen LogP contribution in [0.1, 0.15) is 6.92 Å². The van der Waals surface area contributed by atoms with E-state index in [4.69, 9.17) is 10.8 Å². The molecule has 0 aliphatic rings. The molecule has 1 atom stereocenters. The standard InChI is InChI=1S/C13H15N3O3/c1-7(13(18)19)15-10-6-12(17)16(2)11-4-3-8(14)5-9(10)11/h3-7,15H,14H2,1-2H3,(H,18,19)/t7-/m0/s1. The Morgan fingerprint density at radius 3 is 2.74 bits per heavy atom. The number of anilines is 2. The Morgan fingerprint density at radius 1 is 1.42 bits per heavy atom. The molecule has 0 fully saturated rings. The van der Waals surface area contributed by atoms with Gasteiger partial charge < -0.3 is 20.7 Å². The number of pyridine rings is 1. The molecule has 0 aliphatic carbocycles. The highest BCUT2D eigenvalue weighted by molar-refractivity contribution is 5.94. The van der Waals surface area contributed by atoms with E-state index in [1.165, 1.54) is 17.6 Å². The van der Waals surface area contributed by atoms with E-state index in [1.54, 1.807) is 25.2 Å². The van der Waals surface area contributed by atoms with Crippen molar-refractivity contribution in [3.8, 4) is 0 Å². The van der Waals surface area contributed by atoms with Gasteiger partial charge in [-0.05, 0) is 25.1 Å². The van der Waals surface area contributed by atoms with Crippen LogP contribution in [0.3, 0.4) is 0 Å². The molecule has 100 valence electrons. The fourth-order valence-corrected chi connectivity index (χ4v) is 1.89. The number of hydrogen-bond acceptors (Lipinski definition) is 4. The molecule has 6 heteroatoms. The van der Waals surface area contributed by atoms with Gasteiger partial charge >= 0.3 is 5.97 Å². The smallest absolute Gasteiger partial charge is 0.325 e. The van der Waals surface area contributed by atoms with Crippen molar-refractivity contribution in [3.05, 3.63) is 34.6 Å². The summed E-state index contributed by atoms with van der Waals surface area (Å²) in [6.45, 7) is 1.51. The molecule has 2 rings (SSSR count). The molecule has 0 amide bonds. The highest BCUT2D eigenvalue weighted by Crippen LogP contribution is 2.24. The average Bonchev–Trinajstić information content (AvgIpc) is 2.35. The first-order chi connectivity index (χ1) is 8.90. The molecule has 1 aromatic heterocycles. The molecule has 0 aliphatic heterocycles. The maximum Gasteiger partial charge on any atom is 0.325 e. The fourth-order valence-electron chi connectivity index (χ4n) is 1.89. The van der Waals surface area contributed by atoms with E-state index in [9.17, 15) is 9.59 Å². The lowest BCUT2D eigenvalue weighted by Crippen LogP contribution is -2.27. The molecule has 0 saturated carbocycles. The summed E-state index contributed by atoms with van der Waals surface area (Å²) in [5, 5.41) is 12.5. The number of nitrogens with one attached hydrogen (secondary N) is 1. The number of aliphatic carboxylic acids is 1. The van der Waals surface area contributed by atoms with Crippen LogP contribution in [0.5, 0.6) is 0 Å². The van der Waals surface area contributed by atoms with Crippen molar-refractivity contribution in [1.29, 1.82) is 0 Å². The summed E-state index contributed by atoms with van der Waals surface area (Å²) in [6, 6.07) is 5.73. The van der Waals surface area contributed by atoms with Crippen LogP contribution >= 0.6 is 0 Å². The van der Waals surface area contributed by atoms with Gasteiger partial charge in [0.2, 0.25) is 0 Å². The summed E-state index contributed by atoms with van der Waals surface area (Å²) in [5.74, 6) is -0.988. The molecule has 4 N–H and O–H groups in total. The Kier molecular flexibility index (Phi) is 3.16. The quantitative estimate of drug-likeness (QED) is 0.716. The SMILES string of the molecule is C[C@H](Nc1cc(=O)n(C)c2ccc(N)cc12)C(=O)O. The molecule has 0 saturated heterocycles. The Labute approximate surface area is 109 Å². The summed E-state index contributed by atoms with van der Waals surface area (Å²) in [6.07, 6.45) is 0. The summed E-state index contributed by atoms with van der Waals surface area (Å²) in [4.78, 5) is 22.7. The minimum Gasteiger partial charge on any atom is -0.480 e. The maximum atomic E-state index is 11.8. The van der Waals surface area contributed by atoms with Crippen molar-refractivity contribution in [2.75, 3.05) is 11.1 Å². The minimum atomic E-state index is -0.988. The highest BCUT2D eigenvalue weighted by atomic mass is 16.4. The number of aromatic nitrogens is 1. The number of nitrogens with zero attached hydrogens (tertiary/aromatic N) is 1. The van der Waals surface area contributed by atoms with Crippen LogP contribution in [0.2, 0.25) is 0 Å².